The van der Waals surface area contributed by atoms with Crippen LogP contribution in [0.25, 0.3) is 11.5 Å². The number of nitrogens with zero attached hydrogens (tertiary/aromatic N) is 1. The predicted molar refractivity (Wildman–Crippen MR) is 95.3 cm³/mol. The Balaban J connectivity index is 1.73. The van der Waals surface area contributed by atoms with Gasteiger partial charge < -0.3 is 9.15 Å². The summed E-state index contributed by atoms with van der Waals surface area (Å²) in [5.74, 6) is -0.177. The first-order valence-corrected chi connectivity index (χ1v) is 9.71. The Kier molecular flexibility index (Phi) is 4.90. The van der Waals surface area contributed by atoms with Crippen LogP contribution in [0.15, 0.2) is 64.1 Å². The highest BCUT2D eigenvalue weighted by Gasteiger charge is 2.16. The van der Waals surface area contributed by atoms with Crippen molar-refractivity contribution in [2.24, 2.45) is 0 Å². The Morgan fingerprint density at radius 2 is 1.88 bits per heavy atom. The minimum atomic E-state index is -3.41. The van der Waals surface area contributed by atoms with Crippen molar-refractivity contribution in [1.29, 1.82) is 0 Å². The van der Waals surface area contributed by atoms with E-state index < -0.39 is 15.8 Å². The Morgan fingerprint density at radius 1 is 1.15 bits per heavy atom. The third kappa shape index (κ3) is 4.00. The van der Waals surface area contributed by atoms with E-state index in [-0.39, 0.29) is 17.1 Å². The lowest BCUT2D eigenvalue weighted by Gasteiger charge is -2.07. The molecule has 134 valence electrons. The maximum Gasteiger partial charge on any atom is 0.338 e. The molecule has 0 radical (unpaired) electrons. The van der Waals surface area contributed by atoms with Crippen LogP contribution in [0.1, 0.15) is 21.6 Å². The van der Waals surface area contributed by atoms with Gasteiger partial charge in [0, 0.05) is 11.8 Å². The van der Waals surface area contributed by atoms with Crippen molar-refractivity contribution in [1.82, 2.24) is 4.98 Å². The number of aryl methyl sites for hydroxylation is 1. The molecule has 3 aromatic rings. The van der Waals surface area contributed by atoms with Gasteiger partial charge in [0.15, 0.2) is 9.84 Å². The van der Waals surface area contributed by atoms with Crippen LogP contribution in [0, 0.1) is 6.92 Å². The lowest BCUT2D eigenvalue weighted by atomic mass is 10.1. The second kappa shape index (κ2) is 7.13. The van der Waals surface area contributed by atoms with Crippen molar-refractivity contribution in [2.45, 2.75) is 18.4 Å². The maximum atomic E-state index is 12.3. The fourth-order valence-electron chi connectivity index (χ4n) is 2.36. The number of hydrogen-bond acceptors (Lipinski definition) is 6. The molecule has 0 aliphatic heterocycles. The quantitative estimate of drug-likeness (QED) is 0.639. The van der Waals surface area contributed by atoms with E-state index in [4.69, 9.17) is 9.15 Å². The van der Waals surface area contributed by atoms with Crippen molar-refractivity contribution in [3.8, 4) is 11.5 Å². The molecule has 0 spiro atoms. The molecule has 0 saturated heterocycles. The number of carbonyl (C=O) groups is 1. The van der Waals surface area contributed by atoms with Gasteiger partial charge in [0.1, 0.15) is 18.6 Å². The fourth-order valence-corrected chi connectivity index (χ4v) is 3.00. The molecule has 2 aromatic carbocycles. The highest BCUT2D eigenvalue weighted by Crippen LogP contribution is 2.20. The molecule has 0 amide bonds. The topological polar surface area (TPSA) is 86.5 Å². The molecule has 1 heterocycles. The van der Waals surface area contributed by atoms with Gasteiger partial charge in [-0.05, 0) is 36.8 Å². The molecule has 3 rings (SSSR count). The van der Waals surface area contributed by atoms with Gasteiger partial charge in [0.25, 0.3) is 0 Å². The zero-order chi connectivity index (χ0) is 18.7. The van der Waals surface area contributed by atoms with E-state index in [1.807, 2.05) is 30.3 Å². The van der Waals surface area contributed by atoms with E-state index in [1.54, 1.807) is 13.0 Å². The van der Waals surface area contributed by atoms with Crippen molar-refractivity contribution in [3.05, 3.63) is 71.6 Å². The van der Waals surface area contributed by atoms with Gasteiger partial charge in [-0.15, -0.1) is 0 Å². The van der Waals surface area contributed by atoms with E-state index in [0.717, 1.165) is 11.8 Å². The molecule has 0 aliphatic rings. The monoisotopic (exact) mass is 371 g/mol. The van der Waals surface area contributed by atoms with Gasteiger partial charge >= 0.3 is 5.97 Å². The number of carbonyl (C=O) groups excluding carboxylic acids is 1. The SMILES string of the molecule is Cc1ccc(S(C)(=O)=O)cc1C(=O)OCc1coc(-c2ccccc2)n1. The first-order chi connectivity index (χ1) is 12.3. The van der Waals surface area contributed by atoms with Crippen molar-refractivity contribution in [3.63, 3.8) is 0 Å². The highest BCUT2D eigenvalue weighted by molar-refractivity contribution is 7.90. The van der Waals surface area contributed by atoms with Crippen LogP contribution in [0.2, 0.25) is 0 Å². The first kappa shape index (κ1) is 17.9. The van der Waals surface area contributed by atoms with Crippen LogP contribution < -0.4 is 0 Å². The first-order valence-electron chi connectivity index (χ1n) is 7.82. The number of sulfone groups is 1. The summed E-state index contributed by atoms with van der Waals surface area (Å²) in [6.45, 7) is 1.64. The van der Waals surface area contributed by atoms with Crippen LogP contribution in [-0.2, 0) is 21.2 Å². The Labute approximate surface area is 151 Å². The second-order valence-corrected chi connectivity index (χ2v) is 7.85. The van der Waals surface area contributed by atoms with Crippen molar-refractivity contribution in [2.75, 3.05) is 6.26 Å². The van der Waals surface area contributed by atoms with Gasteiger partial charge in [-0.2, -0.15) is 0 Å². The normalized spacial score (nSPS) is 11.3. The summed E-state index contributed by atoms with van der Waals surface area (Å²) in [4.78, 5) is 16.7. The number of oxazole rings is 1. The van der Waals surface area contributed by atoms with Crippen molar-refractivity contribution >= 4 is 15.8 Å². The number of esters is 1. The number of benzene rings is 2. The second-order valence-electron chi connectivity index (χ2n) is 5.84. The minimum Gasteiger partial charge on any atom is -0.455 e. The van der Waals surface area contributed by atoms with E-state index in [0.29, 0.717) is 17.1 Å². The van der Waals surface area contributed by atoms with Crippen LogP contribution in [-0.4, -0.2) is 25.6 Å². The molecule has 26 heavy (non-hydrogen) atoms. The van der Waals surface area contributed by atoms with E-state index in [2.05, 4.69) is 4.98 Å². The molecule has 0 fully saturated rings. The van der Waals surface area contributed by atoms with Crippen LogP contribution in [0.4, 0.5) is 0 Å². The van der Waals surface area contributed by atoms with Gasteiger partial charge in [0.05, 0.1) is 10.5 Å². The van der Waals surface area contributed by atoms with Gasteiger partial charge in [-0.25, -0.2) is 18.2 Å². The molecule has 7 heteroatoms. The average molecular weight is 371 g/mol. The summed E-state index contributed by atoms with van der Waals surface area (Å²) in [7, 11) is -3.41. The fraction of sp³-hybridized carbons (Fsp3) is 0.158. The molecule has 0 aliphatic carbocycles. The molecular weight excluding hydrogens is 354 g/mol. The summed E-state index contributed by atoms with van der Waals surface area (Å²) < 4.78 is 34.0. The highest BCUT2D eigenvalue weighted by atomic mass is 32.2. The molecule has 0 atom stereocenters. The zero-order valence-electron chi connectivity index (χ0n) is 14.3. The van der Waals surface area contributed by atoms with E-state index in [1.165, 1.54) is 18.4 Å². The van der Waals surface area contributed by atoms with Crippen LogP contribution in [0.5, 0.6) is 0 Å². The predicted octanol–water partition coefficient (Wildman–Crippen LogP) is 3.41. The summed E-state index contributed by atoms with van der Waals surface area (Å²) >= 11 is 0. The number of ether oxygens (including phenoxy) is 1. The zero-order valence-corrected chi connectivity index (χ0v) is 15.1. The van der Waals surface area contributed by atoms with Crippen molar-refractivity contribution < 1.29 is 22.4 Å². The van der Waals surface area contributed by atoms with Gasteiger partial charge in [-0.3, -0.25) is 0 Å². The van der Waals surface area contributed by atoms with Crippen LogP contribution >= 0.6 is 0 Å². The Hall–Kier alpha value is -2.93. The maximum absolute atomic E-state index is 12.3. The minimum absolute atomic E-state index is 0.0717. The van der Waals surface area contributed by atoms with E-state index >= 15 is 0 Å². The number of rotatable bonds is 5. The number of hydrogen-bond donors (Lipinski definition) is 0. The third-order valence-corrected chi connectivity index (χ3v) is 4.89. The summed E-state index contributed by atoms with van der Waals surface area (Å²) in [6, 6.07) is 13.7. The lowest BCUT2D eigenvalue weighted by molar-refractivity contribution is 0.0466. The standard InChI is InChI=1S/C19H17NO5S/c1-13-8-9-16(26(2,22)23)10-17(13)19(21)25-12-15-11-24-18(20-15)14-6-4-3-5-7-14/h3-11H,12H2,1-2H3. The largest absolute Gasteiger partial charge is 0.455 e. The molecule has 1 aromatic heterocycles. The molecule has 0 N–H and O–H groups in total. The van der Waals surface area contributed by atoms with Gasteiger partial charge in [0.2, 0.25) is 5.89 Å². The molecule has 0 unspecified atom stereocenters. The molecule has 0 saturated carbocycles. The molecule has 0 bridgehead atoms. The third-order valence-electron chi connectivity index (χ3n) is 3.78. The average Bonchev–Trinajstić information content (AvgIpc) is 3.09. The van der Waals surface area contributed by atoms with Crippen LogP contribution in [0.3, 0.4) is 0 Å². The Bertz CT molecular complexity index is 1040. The smallest absolute Gasteiger partial charge is 0.338 e. The summed E-state index contributed by atoms with van der Waals surface area (Å²) in [5.41, 5.74) is 2.13. The van der Waals surface area contributed by atoms with Gasteiger partial charge in [-0.1, -0.05) is 24.3 Å². The Morgan fingerprint density at radius 3 is 2.58 bits per heavy atom. The molecule has 6 nitrogen and oxygen atoms in total. The number of aromatic nitrogens is 1. The summed E-state index contributed by atoms with van der Waals surface area (Å²) in [6.07, 6.45) is 2.52. The lowest BCUT2D eigenvalue weighted by Crippen LogP contribution is -2.09. The van der Waals surface area contributed by atoms with E-state index in [9.17, 15) is 13.2 Å². The molecular formula is C19H17NO5S. The summed E-state index contributed by atoms with van der Waals surface area (Å²) in [5, 5.41) is 0.